The lowest BCUT2D eigenvalue weighted by Crippen LogP contribution is -2.16. The number of nitrogen functional groups attached to an aromatic ring is 1. The Morgan fingerprint density at radius 2 is 2.00 bits per heavy atom. The van der Waals surface area contributed by atoms with Crippen molar-refractivity contribution >= 4 is 28.2 Å². The lowest BCUT2D eigenvalue weighted by atomic mass is 10.1. The van der Waals surface area contributed by atoms with Crippen molar-refractivity contribution in [1.29, 1.82) is 0 Å². The maximum Gasteiger partial charge on any atom is 0.282 e. The minimum Gasteiger partial charge on any atom is -0.375 e. The molecule has 0 aliphatic heterocycles. The molecule has 1 aromatic heterocycles. The zero-order valence-corrected chi connectivity index (χ0v) is 11.3. The summed E-state index contributed by atoms with van der Waals surface area (Å²) in [5.41, 5.74) is 6.29. The van der Waals surface area contributed by atoms with Crippen LogP contribution in [0, 0.1) is 6.92 Å². The van der Waals surface area contributed by atoms with Gasteiger partial charge in [-0.1, -0.05) is 41.7 Å². The van der Waals surface area contributed by atoms with E-state index in [2.05, 4.69) is 4.98 Å². The van der Waals surface area contributed by atoms with Gasteiger partial charge in [0.1, 0.15) is 0 Å². The molecule has 2 nitrogen and oxygen atoms in total. The average Bonchev–Trinajstić information content (AvgIpc) is 2.67. The molecule has 0 unspecified atom stereocenters. The van der Waals surface area contributed by atoms with Gasteiger partial charge in [-0.3, -0.25) is 0 Å². The van der Waals surface area contributed by atoms with Crippen LogP contribution in [0.2, 0.25) is 0 Å². The number of alkyl halides is 2. The van der Waals surface area contributed by atoms with Gasteiger partial charge in [0.2, 0.25) is 0 Å². The van der Waals surface area contributed by atoms with Crippen LogP contribution in [0.4, 0.5) is 13.9 Å². The SMILES string of the molecule is Cc1nc(N)sc1SCC(F)(F)c1ccccc1. The number of thiazole rings is 1. The largest absolute Gasteiger partial charge is 0.375 e. The van der Waals surface area contributed by atoms with Crippen molar-refractivity contribution in [3.8, 4) is 0 Å². The van der Waals surface area contributed by atoms with E-state index >= 15 is 0 Å². The van der Waals surface area contributed by atoms with Crippen LogP contribution >= 0.6 is 23.1 Å². The Morgan fingerprint density at radius 3 is 2.56 bits per heavy atom. The Labute approximate surface area is 112 Å². The second-order valence-corrected chi connectivity index (χ2v) is 6.06. The van der Waals surface area contributed by atoms with Gasteiger partial charge < -0.3 is 5.73 Å². The van der Waals surface area contributed by atoms with E-state index in [0.717, 1.165) is 16.0 Å². The van der Waals surface area contributed by atoms with Crippen LogP contribution in [0.1, 0.15) is 11.3 Å². The van der Waals surface area contributed by atoms with E-state index in [4.69, 9.17) is 5.73 Å². The van der Waals surface area contributed by atoms with Crippen LogP contribution in [0.25, 0.3) is 0 Å². The summed E-state index contributed by atoms with van der Waals surface area (Å²) >= 11 is 2.34. The monoisotopic (exact) mass is 286 g/mol. The first kappa shape index (κ1) is 13.3. The normalized spacial score (nSPS) is 11.7. The highest BCUT2D eigenvalue weighted by atomic mass is 32.2. The van der Waals surface area contributed by atoms with Crippen molar-refractivity contribution in [2.75, 3.05) is 11.5 Å². The van der Waals surface area contributed by atoms with Crippen molar-refractivity contribution < 1.29 is 8.78 Å². The molecule has 0 spiro atoms. The number of hydrogen-bond acceptors (Lipinski definition) is 4. The number of benzene rings is 1. The molecule has 0 radical (unpaired) electrons. The van der Waals surface area contributed by atoms with Crippen molar-refractivity contribution in [2.45, 2.75) is 17.1 Å². The second-order valence-electron chi connectivity index (χ2n) is 3.78. The number of aromatic nitrogens is 1. The summed E-state index contributed by atoms with van der Waals surface area (Å²) in [6, 6.07) is 7.83. The lowest BCUT2D eigenvalue weighted by molar-refractivity contribution is 0.0232. The number of aryl methyl sites for hydroxylation is 1. The number of hydrogen-bond donors (Lipinski definition) is 1. The summed E-state index contributed by atoms with van der Waals surface area (Å²) in [5.74, 6) is -3.16. The first-order chi connectivity index (χ1) is 8.49. The van der Waals surface area contributed by atoms with E-state index in [9.17, 15) is 8.78 Å². The minimum absolute atomic E-state index is 0.0349. The molecule has 1 heterocycles. The van der Waals surface area contributed by atoms with Crippen LogP contribution in [0.15, 0.2) is 34.5 Å². The van der Waals surface area contributed by atoms with Crippen LogP contribution in [-0.2, 0) is 5.92 Å². The number of nitrogens with two attached hydrogens (primary N) is 1. The van der Waals surface area contributed by atoms with Crippen molar-refractivity contribution in [3.63, 3.8) is 0 Å². The standard InChI is InChI=1S/C12H12F2N2S2/c1-8-10(18-11(15)16-8)17-7-12(13,14)9-5-3-2-4-6-9/h2-6H,7H2,1H3,(H2,15,16). The molecule has 0 saturated carbocycles. The Kier molecular flexibility index (Phi) is 3.87. The molecule has 0 atom stereocenters. The Balaban J connectivity index is 2.08. The van der Waals surface area contributed by atoms with Crippen molar-refractivity contribution in [1.82, 2.24) is 4.98 Å². The quantitative estimate of drug-likeness (QED) is 0.866. The maximum atomic E-state index is 13.9. The third-order valence-corrected chi connectivity index (χ3v) is 4.80. The number of nitrogens with zero attached hydrogens (tertiary/aromatic N) is 1. The summed E-state index contributed by atoms with van der Waals surface area (Å²) in [6.07, 6.45) is 0. The summed E-state index contributed by atoms with van der Waals surface area (Å²) in [7, 11) is 0. The molecule has 2 N–H and O–H groups in total. The fourth-order valence-electron chi connectivity index (χ4n) is 1.46. The van der Waals surface area contributed by atoms with Gasteiger partial charge in [0.25, 0.3) is 5.92 Å². The van der Waals surface area contributed by atoms with Crippen LogP contribution in [0.5, 0.6) is 0 Å². The summed E-state index contributed by atoms with van der Waals surface area (Å²) in [5, 5.41) is 0.415. The molecule has 18 heavy (non-hydrogen) atoms. The van der Waals surface area contributed by atoms with Gasteiger partial charge in [-0.05, 0) is 6.92 Å². The predicted octanol–water partition coefficient (Wildman–Crippen LogP) is 3.92. The molecule has 0 bridgehead atoms. The second kappa shape index (κ2) is 5.24. The predicted molar refractivity (Wildman–Crippen MR) is 72.3 cm³/mol. The first-order valence-electron chi connectivity index (χ1n) is 5.28. The van der Waals surface area contributed by atoms with Gasteiger partial charge in [-0.25, -0.2) is 13.8 Å². The molecule has 2 aromatic rings. The zero-order chi connectivity index (χ0) is 13.2. The molecule has 0 aliphatic rings. The third kappa shape index (κ3) is 3.00. The fraction of sp³-hybridized carbons (Fsp3) is 0.250. The molecule has 0 aliphatic carbocycles. The summed E-state index contributed by atoms with van der Waals surface area (Å²) < 4.78 is 28.6. The molecule has 1 aromatic carbocycles. The molecule has 0 amide bonds. The van der Waals surface area contributed by atoms with Crippen molar-refractivity contribution in [2.24, 2.45) is 0 Å². The minimum atomic E-state index is -2.85. The molecular formula is C12H12F2N2S2. The molecule has 0 saturated heterocycles. The highest BCUT2D eigenvalue weighted by Crippen LogP contribution is 2.38. The average molecular weight is 286 g/mol. The highest BCUT2D eigenvalue weighted by Gasteiger charge is 2.31. The van der Waals surface area contributed by atoms with E-state index in [1.54, 1.807) is 25.1 Å². The van der Waals surface area contributed by atoms with Crippen LogP contribution in [0.3, 0.4) is 0 Å². The van der Waals surface area contributed by atoms with Gasteiger partial charge >= 0.3 is 0 Å². The number of anilines is 1. The van der Waals surface area contributed by atoms with E-state index in [0.29, 0.717) is 10.8 Å². The van der Waals surface area contributed by atoms with Crippen molar-refractivity contribution in [3.05, 3.63) is 41.6 Å². The van der Waals surface area contributed by atoms with E-state index in [-0.39, 0.29) is 11.3 Å². The smallest absolute Gasteiger partial charge is 0.282 e. The highest BCUT2D eigenvalue weighted by molar-refractivity contribution is 8.01. The fourth-order valence-corrected chi connectivity index (χ4v) is 3.43. The molecule has 0 fully saturated rings. The number of halogens is 2. The van der Waals surface area contributed by atoms with Gasteiger partial charge in [0, 0.05) is 5.56 Å². The Bertz CT molecular complexity index is 526. The Morgan fingerprint density at radius 1 is 1.33 bits per heavy atom. The number of rotatable bonds is 4. The van der Waals surface area contributed by atoms with Gasteiger partial charge in [-0.2, -0.15) is 0 Å². The summed E-state index contributed by atoms with van der Waals surface area (Å²) in [4.78, 5) is 4.02. The third-order valence-electron chi connectivity index (χ3n) is 2.35. The van der Waals surface area contributed by atoms with Gasteiger partial charge in [0.05, 0.1) is 15.7 Å². The van der Waals surface area contributed by atoms with E-state index < -0.39 is 5.92 Å². The molecule has 2 rings (SSSR count). The Hall–Kier alpha value is -1.14. The summed E-state index contributed by atoms with van der Waals surface area (Å²) in [6.45, 7) is 1.77. The molecule has 6 heteroatoms. The van der Waals surface area contributed by atoms with Gasteiger partial charge in [-0.15, -0.1) is 11.8 Å². The van der Waals surface area contributed by atoms with Gasteiger partial charge in [0.15, 0.2) is 5.13 Å². The van der Waals surface area contributed by atoms with E-state index in [1.807, 2.05) is 0 Å². The van der Waals surface area contributed by atoms with E-state index in [1.165, 1.54) is 23.5 Å². The lowest BCUT2D eigenvalue weighted by Gasteiger charge is -2.15. The molecular weight excluding hydrogens is 274 g/mol. The van der Waals surface area contributed by atoms with Crippen LogP contribution in [-0.4, -0.2) is 10.7 Å². The molecule has 96 valence electrons. The van der Waals surface area contributed by atoms with Crippen LogP contribution < -0.4 is 5.73 Å². The first-order valence-corrected chi connectivity index (χ1v) is 7.08. The number of thioether (sulfide) groups is 1. The maximum absolute atomic E-state index is 13.9. The topological polar surface area (TPSA) is 38.9 Å². The zero-order valence-electron chi connectivity index (χ0n) is 9.69.